The number of ether oxygens (including phenoxy) is 2. The van der Waals surface area contributed by atoms with Crippen LogP contribution in [0.4, 0.5) is 0 Å². The number of nitrogens with zero attached hydrogens (tertiary/aromatic N) is 3. The minimum absolute atomic E-state index is 0.145. The molecule has 0 saturated carbocycles. The van der Waals surface area contributed by atoms with Gasteiger partial charge in [0.15, 0.2) is 0 Å². The van der Waals surface area contributed by atoms with Crippen LogP contribution >= 0.6 is 0 Å². The number of fused-ring (bicyclic) bond motifs is 2. The van der Waals surface area contributed by atoms with E-state index in [1.54, 1.807) is 41.3 Å². The van der Waals surface area contributed by atoms with Gasteiger partial charge in [-0.05, 0) is 25.1 Å². The quantitative estimate of drug-likeness (QED) is 0.745. The monoisotopic (exact) mass is 417 g/mol. The van der Waals surface area contributed by atoms with E-state index in [-0.39, 0.29) is 36.1 Å². The molecule has 2 fully saturated rings. The molecule has 1 aromatic heterocycles. The normalized spacial score (nSPS) is 22.3. The lowest BCUT2D eigenvalue weighted by atomic mass is 10.1. The van der Waals surface area contributed by atoms with Crippen molar-refractivity contribution in [2.45, 2.75) is 24.0 Å². The summed E-state index contributed by atoms with van der Waals surface area (Å²) in [7, 11) is -2.08. The number of sulfonamides is 1. The number of rotatable bonds is 4. The standard InChI is InChI=1S/C20H23N3O5S/c1-14-3-6-18(7-4-14)29(25,26)23-12-16-10-22(11-17(13-23)28-16)20(24)15-5-8-19(27-2)21-9-15/h3-9,16-17H,10-13H2,1-2H3/t16-,17+. The van der Waals surface area contributed by atoms with Crippen LogP contribution in [-0.2, 0) is 14.8 Å². The topological polar surface area (TPSA) is 89.0 Å². The smallest absolute Gasteiger partial charge is 0.255 e. The summed E-state index contributed by atoms with van der Waals surface area (Å²) in [5.41, 5.74) is 1.47. The molecule has 8 nitrogen and oxygen atoms in total. The van der Waals surface area contributed by atoms with Gasteiger partial charge in [0.2, 0.25) is 15.9 Å². The van der Waals surface area contributed by atoms with Crippen molar-refractivity contribution in [2.75, 3.05) is 33.3 Å². The highest BCUT2D eigenvalue weighted by Crippen LogP contribution is 2.26. The molecule has 3 heterocycles. The summed E-state index contributed by atoms with van der Waals surface area (Å²) >= 11 is 0. The third kappa shape index (κ3) is 3.98. The van der Waals surface area contributed by atoms with Gasteiger partial charge in [0.25, 0.3) is 5.91 Å². The van der Waals surface area contributed by atoms with Crippen LogP contribution in [0.15, 0.2) is 47.5 Å². The maximum absolute atomic E-state index is 13.0. The van der Waals surface area contributed by atoms with Crippen molar-refractivity contribution < 1.29 is 22.7 Å². The maximum Gasteiger partial charge on any atom is 0.255 e. The van der Waals surface area contributed by atoms with Gasteiger partial charge in [-0.15, -0.1) is 0 Å². The number of carbonyl (C=O) groups excluding carboxylic acids is 1. The average molecular weight is 417 g/mol. The number of methoxy groups -OCH3 is 1. The summed E-state index contributed by atoms with van der Waals surface area (Å²) in [6.07, 6.45) is 0.761. The first-order valence-electron chi connectivity index (χ1n) is 9.38. The molecular weight excluding hydrogens is 394 g/mol. The van der Waals surface area contributed by atoms with E-state index < -0.39 is 10.0 Å². The van der Waals surface area contributed by atoms with Gasteiger partial charge in [-0.3, -0.25) is 4.79 Å². The van der Waals surface area contributed by atoms with Crippen molar-refractivity contribution in [3.63, 3.8) is 0 Å². The molecule has 1 aromatic carbocycles. The Morgan fingerprint density at radius 3 is 2.28 bits per heavy atom. The number of hydrogen-bond donors (Lipinski definition) is 0. The molecule has 0 unspecified atom stereocenters. The molecule has 2 saturated heterocycles. The minimum Gasteiger partial charge on any atom is -0.481 e. The van der Waals surface area contributed by atoms with Gasteiger partial charge in [-0.25, -0.2) is 13.4 Å². The molecule has 2 aromatic rings. The number of benzene rings is 1. The summed E-state index contributed by atoms with van der Waals surface area (Å²) in [6.45, 7) is 3.02. The predicted molar refractivity (Wildman–Crippen MR) is 105 cm³/mol. The summed E-state index contributed by atoms with van der Waals surface area (Å²) in [4.78, 5) is 18.9. The molecule has 0 aliphatic carbocycles. The highest BCUT2D eigenvalue weighted by molar-refractivity contribution is 7.89. The van der Waals surface area contributed by atoms with E-state index in [2.05, 4.69) is 4.98 Å². The fourth-order valence-corrected chi connectivity index (χ4v) is 5.19. The van der Waals surface area contributed by atoms with Gasteiger partial charge < -0.3 is 14.4 Å². The van der Waals surface area contributed by atoms with Crippen molar-refractivity contribution >= 4 is 15.9 Å². The Hall–Kier alpha value is -2.49. The maximum atomic E-state index is 13.0. The van der Waals surface area contributed by atoms with Crippen LogP contribution in [0.5, 0.6) is 5.88 Å². The van der Waals surface area contributed by atoms with E-state index >= 15 is 0 Å². The first kappa shape index (κ1) is 19.8. The van der Waals surface area contributed by atoms with Crippen LogP contribution in [0.3, 0.4) is 0 Å². The molecule has 29 heavy (non-hydrogen) atoms. The molecule has 2 bridgehead atoms. The summed E-state index contributed by atoms with van der Waals surface area (Å²) in [5.74, 6) is 0.297. The summed E-state index contributed by atoms with van der Waals surface area (Å²) in [6, 6.07) is 10.2. The molecule has 154 valence electrons. The van der Waals surface area contributed by atoms with E-state index in [4.69, 9.17) is 9.47 Å². The Balaban J connectivity index is 1.47. The van der Waals surface area contributed by atoms with Crippen molar-refractivity contribution in [2.24, 2.45) is 0 Å². The highest BCUT2D eigenvalue weighted by Gasteiger charge is 2.41. The number of amides is 1. The molecular formula is C20H23N3O5S. The Bertz CT molecular complexity index is 978. The summed E-state index contributed by atoms with van der Waals surface area (Å²) < 4.78 is 38.4. The third-order valence-corrected chi connectivity index (χ3v) is 7.03. The van der Waals surface area contributed by atoms with Gasteiger partial charge in [0.1, 0.15) is 0 Å². The fraction of sp³-hybridized carbons (Fsp3) is 0.400. The second-order valence-electron chi connectivity index (χ2n) is 7.31. The highest BCUT2D eigenvalue weighted by atomic mass is 32.2. The number of carbonyl (C=O) groups is 1. The lowest BCUT2D eigenvalue weighted by Gasteiger charge is -2.45. The van der Waals surface area contributed by atoms with E-state index in [9.17, 15) is 13.2 Å². The lowest BCUT2D eigenvalue weighted by Crippen LogP contribution is -2.61. The molecule has 1 amide bonds. The van der Waals surface area contributed by atoms with Gasteiger partial charge in [0, 0.05) is 38.4 Å². The van der Waals surface area contributed by atoms with Crippen LogP contribution in [0, 0.1) is 6.92 Å². The zero-order valence-corrected chi connectivity index (χ0v) is 17.1. The Kier molecular flexibility index (Phi) is 5.28. The van der Waals surface area contributed by atoms with Crippen LogP contribution in [-0.4, -0.2) is 74.0 Å². The molecule has 0 spiro atoms. The average Bonchev–Trinajstić information content (AvgIpc) is 2.73. The molecule has 0 radical (unpaired) electrons. The molecule has 2 atom stereocenters. The van der Waals surface area contributed by atoms with E-state index in [0.29, 0.717) is 24.5 Å². The molecule has 4 rings (SSSR count). The number of aromatic nitrogens is 1. The fourth-order valence-electron chi connectivity index (χ4n) is 3.69. The lowest BCUT2D eigenvalue weighted by molar-refractivity contribution is -0.113. The minimum atomic E-state index is -3.59. The first-order chi connectivity index (χ1) is 13.9. The van der Waals surface area contributed by atoms with Crippen molar-refractivity contribution in [3.8, 4) is 5.88 Å². The van der Waals surface area contributed by atoms with Crippen molar-refractivity contribution in [1.82, 2.24) is 14.2 Å². The Labute approximate surface area is 170 Å². The van der Waals surface area contributed by atoms with Crippen molar-refractivity contribution in [1.29, 1.82) is 0 Å². The number of aryl methyl sites for hydroxylation is 1. The Morgan fingerprint density at radius 2 is 1.72 bits per heavy atom. The van der Waals surface area contributed by atoms with Gasteiger partial charge in [-0.2, -0.15) is 4.31 Å². The second kappa shape index (κ2) is 7.74. The number of hydrogen-bond acceptors (Lipinski definition) is 6. The molecule has 2 aliphatic heterocycles. The van der Waals surface area contributed by atoms with Crippen molar-refractivity contribution in [3.05, 3.63) is 53.7 Å². The molecule has 0 N–H and O–H groups in total. The number of morpholine rings is 2. The Morgan fingerprint density at radius 1 is 1.07 bits per heavy atom. The predicted octanol–water partition coefficient (Wildman–Crippen LogP) is 1.31. The van der Waals surface area contributed by atoms with Gasteiger partial charge >= 0.3 is 0 Å². The van der Waals surface area contributed by atoms with Gasteiger partial charge in [0.05, 0.1) is 29.8 Å². The van der Waals surface area contributed by atoms with E-state index in [1.807, 2.05) is 6.92 Å². The first-order valence-corrected chi connectivity index (χ1v) is 10.8. The SMILES string of the molecule is COc1ccc(C(=O)N2C[C@@H]3CN(S(=O)(=O)c4ccc(C)cc4)C[C@H](C2)O3)cn1. The zero-order valence-electron chi connectivity index (χ0n) is 16.3. The van der Waals surface area contributed by atoms with Crippen LogP contribution in [0.1, 0.15) is 15.9 Å². The number of pyridine rings is 1. The zero-order chi connectivity index (χ0) is 20.6. The third-order valence-electron chi connectivity index (χ3n) is 5.19. The van der Waals surface area contributed by atoms with Gasteiger partial charge in [-0.1, -0.05) is 17.7 Å². The molecule has 9 heteroatoms. The van der Waals surface area contributed by atoms with E-state index in [1.165, 1.54) is 17.6 Å². The van der Waals surface area contributed by atoms with E-state index in [0.717, 1.165) is 5.56 Å². The largest absolute Gasteiger partial charge is 0.481 e. The second-order valence-corrected chi connectivity index (χ2v) is 9.25. The molecule has 2 aliphatic rings. The van der Waals surface area contributed by atoms with Crippen LogP contribution in [0.2, 0.25) is 0 Å². The van der Waals surface area contributed by atoms with Crippen LogP contribution in [0.25, 0.3) is 0 Å². The van der Waals surface area contributed by atoms with Crippen LogP contribution < -0.4 is 4.74 Å². The summed E-state index contributed by atoms with van der Waals surface area (Å²) in [5, 5.41) is 0.